The maximum absolute atomic E-state index is 13.2. The summed E-state index contributed by atoms with van der Waals surface area (Å²) in [6.07, 6.45) is 0. The van der Waals surface area contributed by atoms with Gasteiger partial charge in [-0.2, -0.15) is 0 Å². The van der Waals surface area contributed by atoms with Crippen LogP contribution in [0.25, 0.3) is 0 Å². The first-order chi connectivity index (χ1) is 6.94. The molecule has 0 aliphatic carbocycles. The molecule has 1 N–H and O–H groups in total. The van der Waals surface area contributed by atoms with E-state index in [0.29, 0.717) is 6.54 Å². The molecule has 0 spiro atoms. The highest BCUT2D eigenvalue weighted by Gasteiger charge is 2.20. The summed E-state index contributed by atoms with van der Waals surface area (Å²) in [5, 5.41) is 2.92. The minimum atomic E-state index is -0.580. The van der Waals surface area contributed by atoms with Crippen molar-refractivity contribution < 1.29 is 13.5 Å². The fraction of sp³-hybridized carbons (Fsp3) is 0.455. The van der Waals surface area contributed by atoms with Crippen LogP contribution in [0, 0.1) is 11.6 Å². The third-order valence-corrected chi connectivity index (χ3v) is 1.88. The van der Waals surface area contributed by atoms with E-state index in [1.165, 1.54) is 0 Å². The van der Waals surface area contributed by atoms with Crippen molar-refractivity contribution in [3.8, 4) is 5.75 Å². The van der Waals surface area contributed by atoms with Crippen LogP contribution >= 0.6 is 0 Å². The van der Waals surface area contributed by atoms with Gasteiger partial charge in [-0.15, -0.1) is 0 Å². The van der Waals surface area contributed by atoms with Gasteiger partial charge >= 0.3 is 0 Å². The highest BCUT2D eigenvalue weighted by Crippen LogP contribution is 2.22. The molecule has 0 heterocycles. The van der Waals surface area contributed by atoms with Gasteiger partial charge in [0.05, 0.1) is 0 Å². The maximum Gasteiger partial charge on any atom is 0.165 e. The molecule has 1 rings (SSSR count). The molecule has 0 fully saturated rings. The van der Waals surface area contributed by atoms with E-state index in [2.05, 4.69) is 5.32 Å². The van der Waals surface area contributed by atoms with E-state index >= 15 is 0 Å². The second kappa shape index (κ2) is 4.57. The summed E-state index contributed by atoms with van der Waals surface area (Å²) in [6.45, 7) is 4.14. The van der Waals surface area contributed by atoms with Gasteiger partial charge in [0.15, 0.2) is 11.6 Å². The van der Waals surface area contributed by atoms with Gasteiger partial charge < -0.3 is 10.1 Å². The van der Waals surface area contributed by atoms with Crippen molar-refractivity contribution in [1.82, 2.24) is 5.32 Å². The van der Waals surface area contributed by atoms with Crippen molar-refractivity contribution >= 4 is 0 Å². The number of benzene rings is 1. The highest BCUT2D eigenvalue weighted by atomic mass is 19.1. The van der Waals surface area contributed by atoms with Crippen LogP contribution < -0.4 is 10.1 Å². The Morgan fingerprint density at radius 2 is 2.00 bits per heavy atom. The molecule has 0 saturated carbocycles. The molecule has 1 aromatic carbocycles. The summed E-state index contributed by atoms with van der Waals surface area (Å²) in [7, 11) is 1.77. The Bertz CT molecular complexity index is 339. The van der Waals surface area contributed by atoms with Crippen molar-refractivity contribution in [3.05, 3.63) is 29.8 Å². The fourth-order valence-corrected chi connectivity index (χ4v) is 1.31. The lowest BCUT2D eigenvalue weighted by molar-refractivity contribution is 0.104. The topological polar surface area (TPSA) is 21.3 Å². The summed E-state index contributed by atoms with van der Waals surface area (Å²) < 4.78 is 31.5. The molecule has 0 aromatic heterocycles. The van der Waals surface area contributed by atoms with Gasteiger partial charge in [-0.1, -0.05) is 0 Å². The van der Waals surface area contributed by atoms with Gasteiger partial charge in [-0.25, -0.2) is 8.78 Å². The molecule has 0 unspecified atom stereocenters. The molecule has 0 aliphatic rings. The minimum absolute atomic E-state index is 0.0600. The van der Waals surface area contributed by atoms with E-state index in [-0.39, 0.29) is 5.75 Å². The molecule has 2 nitrogen and oxygen atoms in total. The van der Waals surface area contributed by atoms with Gasteiger partial charge in [-0.3, -0.25) is 0 Å². The van der Waals surface area contributed by atoms with Crippen LogP contribution in [-0.4, -0.2) is 19.2 Å². The molecule has 84 valence electrons. The van der Waals surface area contributed by atoms with Gasteiger partial charge in [0.2, 0.25) is 0 Å². The number of rotatable bonds is 4. The Labute approximate surface area is 88.3 Å². The monoisotopic (exact) mass is 215 g/mol. The molecule has 1 aromatic rings. The average Bonchev–Trinajstić information content (AvgIpc) is 2.10. The summed E-state index contributed by atoms with van der Waals surface area (Å²) >= 11 is 0. The van der Waals surface area contributed by atoms with Gasteiger partial charge in [0, 0.05) is 12.6 Å². The molecular weight excluding hydrogens is 200 g/mol. The predicted molar refractivity (Wildman–Crippen MR) is 55.0 cm³/mol. The van der Waals surface area contributed by atoms with Crippen molar-refractivity contribution in [3.63, 3.8) is 0 Å². The number of ether oxygens (including phenoxy) is 1. The van der Waals surface area contributed by atoms with E-state index in [4.69, 9.17) is 4.74 Å². The van der Waals surface area contributed by atoms with E-state index in [9.17, 15) is 8.78 Å². The number of hydrogen-bond donors (Lipinski definition) is 1. The zero-order valence-corrected chi connectivity index (χ0v) is 9.10. The number of halogens is 2. The second-order valence-electron chi connectivity index (χ2n) is 3.97. The molecular formula is C11H15F2NO. The number of hydrogen-bond acceptors (Lipinski definition) is 2. The second-order valence-corrected chi connectivity index (χ2v) is 3.97. The van der Waals surface area contributed by atoms with Gasteiger partial charge in [-0.05, 0) is 33.0 Å². The zero-order chi connectivity index (χ0) is 11.5. The molecule has 0 bridgehead atoms. The van der Waals surface area contributed by atoms with E-state index in [1.54, 1.807) is 20.9 Å². The van der Waals surface area contributed by atoms with Crippen LogP contribution in [0.3, 0.4) is 0 Å². The van der Waals surface area contributed by atoms with Crippen LogP contribution in [0.4, 0.5) is 8.78 Å². The Balaban J connectivity index is 2.83. The van der Waals surface area contributed by atoms with Crippen LogP contribution in [-0.2, 0) is 0 Å². The first-order valence-electron chi connectivity index (χ1n) is 4.73. The number of likely N-dealkylation sites (N-methyl/N-ethyl adjacent to an activating group) is 1. The fourth-order valence-electron chi connectivity index (χ4n) is 1.31. The quantitative estimate of drug-likeness (QED) is 0.832. The van der Waals surface area contributed by atoms with Crippen molar-refractivity contribution in [2.45, 2.75) is 19.4 Å². The summed E-state index contributed by atoms with van der Waals surface area (Å²) in [5.41, 5.74) is -0.580. The zero-order valence-electron chi connectivity index (χ0n) is 9.10. The minimum Gasteiger partial charge on any atom is -0.483 e. The lowest BCUT2D eigenvalue weighted by Gasteiger charge is -2.26. The third kappa shape index (κ3) is 3.47. The predicted octanol–water partition coefficient (Wildman–Crippen LogP) is 2.34. The van der Waals surface area contributed by atoms with Crippen molar-refractivity contribution in [2.75, 3.05) is 13.6 Å². The first kappa shape index (κ1) is 11.9. The molecule has 15 heavy (non-hydrogen) atoms. The van der Waals surface area contributed by atoms with Crippen LogP contribution in [0.5, 0.6) is 5.75 Å². The molecule has 0 radical (unpaired) electrons. The van der Waals surface area contributed by atoms with Crippen molar-refractivity contribution in [1.29, 1.82) is 0 Å². The molecule has 0 amide bonds. The van der Waals surface area contributed by atoms with E-state index in [1.807, 2.05) is 0 Å². The lowest BCUT2D eigenvalue weighted by Crippen LogP contribution is -2.39. The smallest absolute Gasteiger partial charge is 0.165 e. The van der Waals surface area contributed by atoms with Gasteiger partial charge in [0.25, 0.3) is 0 Å². The number of nitrogens with one attached hydrogen (secondary N) is 1. The van der Waals surface area contributed by atoms with Crippen LogP contribution in [0.1, 0.15) is 13.8 Å². The molecule has 0 saturated heterocycles. The van der Waals surface area contributed by atoms with Crippen molar-refractivity contribution in [2.24, 2.45) is 0 Å². The molecule has 4 heteroatoms. The third-order valence-electron chi connectivity index (χ3n) is 1.88. The van der Waals surface area contributed by atoms with E-state index < -0.39 is 17.2 Å². The largest absolute Gasteiger partial charge is 0.483 e. The summed E-state index contributed by atoms with van der Waals surface area (Å²) in [4.78, 5) is 0. The Morgan fingerprint density at radius 3 is 2.60 bits per heavy atom. The lowest BCUT2D eigenvalue weighted by atomic mass is 10.1. The first-order valence-corrected chi connectivity index (χ1v) is 4.73. The normalized spacial score (nSPS) is 11.5. The Kier molecular flexibility index (Phi) is 3.63. The highest BCUT2D eigenvalue weighted by molar-refractivity contribution is 5.25. The van der Waals surface area contributed by atoms with Crippen LogP contribution in [0.15, 0.2) is 18.2 Å². The molecule has 0 aliphatic heterocycles. The van der Waals surface area contributed by atoms with E-state index in [0.717, 1.165) is 18.2 Å². The van der Waals surface area contributed by atoms with Crippen LogP contribution in [0.2, 0.25) is 0 Å². The molecule has 0 atom stereocenters. The standard InChI is InChI=1S/C11H15F2NO/c1-11(2,7-14-3)15-10-6-8(12)4-5-9(10)13/h4-6,14H,7H2,1-3H3. The summed E-state index contributed by atoms with van der Waals surface area (Å²) in [5.74, 6) is -1.12. The SMILES string of the molecule is CNCC(C)(C)Oc1cc(F)ccc1F. The Hall–Kier alpha value is -1.16. The summed E-state index contributed by atoms with van der Waals surface area (Å²) in [6, 6.07) is 3.17. The average molecular weight is 215 g/mol. The van der Waals surface area contributed by atoms with Gasteiger partial charge in [0.1, 0.15) is 11.4 Å². The Morgan fingerprint density at radius 1 is 1.33 bits per heavy atom. The maximum atomic E-state index is 13.2.